The quantitative estimate of drug-likeness (QED) is 0.194. The molecule has 1 aliphatic carbocycles. The minimum absolute atomic E-state index is 0.0520. The van der Waals surface area contributed by atoms with Gasteiger partial charge in [0, 0.05) is 54.5 Å². The highest BCUT2D eigenvalue weighted by atomic mass is 79.9. The number of carbonyl (C=O) groups excluding carboxylic acids is 3. The number of rotatable bonds is 4. The van der Waals surface area contributed by atoms with Crippen LogP contribution in [0.3, 0.4) is 0 Å². The fourth-order valence-corrected chi connectivity index (χ4v) is 7.37. The molecule has 3 aliphatic rings. The zero-order chi connectivity index (χ0) is 34.7. The number of fused-ring (bicyclic) bond motifs is 5. The maximum absolute atomic E-state index is 15.4. The lowest BCUT2D eigenvalue weighted by atomic mass is 9.99. The van der Waals surface area contributed by atoms with Gasteiger partial charge in [-0.1, -0.05) is 6.08 Å². The number of hydrogen-bond donors (Lipinski definition) is 1. The molecule has 13 nitrogen and oxygen atoms in total. The number of pyridine rings is 2. The summed E-state index contributed by atoms with van der Waals surface area (Å²) in [6.45, 7) is 3.49. The van der Waals surface area contributed by atoms with E-state index in [2.05, 4.69) is 51.4 Å². The minimum Gasteiger partial charge on any atom is -0.325 e. The van der Waals surface area contributed by atoms with Gasteiger partial charge in [0.15, 0.2) is 5.78 Å². The molecular formula is C35H30BrFN10O3. The Hall–Kier alpha value is -5.44. The van der Waals surface area contributed by atoms with E-state index in [1.807, 2.05) is 29.1 Å². The molecule has 1 spiro atoms. The number of piperidine rings is 1. The Morgan fingerprint density at radius 2 is 1.92 bits per heavy atom. The Bertz CT molecular complexity index is 2280. The highest BCUT2D eigenvalue weighted by molar-refractivity contribution is 9.10. The van der Waals surface area contributed by atoms with E-state index in [0.29, 0.717) is 58.4 Å². The van der Waals surface area contributed by atoms with Crippen LogP contribution in [0.2, 0.25) is 0 Å². The number of halogens is 2. The maximum atomic E-state index is 15.4. The van der Waals surface area contributed by atoms with E-state index in [-0.39, 0.29) is 46.8 Å². The third kappa shape index (κ3) is 5.70. The molecular weight excluding hydrogens is 707 g/mol. The first-order chi connectivity index (χ1) is 24.1. The van der Waals surface area contributed by atoms with Crippen LogP contribution in [0.1, 0.15) is 53.8 Å². The molecule has 0 unspecified atom stereocenters. The number of nitrogens with zero attached hydrogens (tertiary/aromatic N) is 9. The van der Waals surface area contributed by atoms with Crippen molar-refractivity contribution in [3.05, 3.63) is 88.6 Å². The molecule has 8 rings (SSSR count). The molecule has 2 aliphatic heterocycles. The summed E-state index contributed by atoms with van der Waals surface area (Å²) in [5.74, 6) is -0.961. The van der Waals surface area contributed by atoms with Crippen LogP contribution in [0.5, 0.6) is 0 Å². The van der Waals surface area contributed by atoms with Gasteiger partial charge in [-0.3, -0.25) is 28.7 Å². The maximum Gasteiger partial charge on any atom is 0.248 e. The Labute approximate surface area is 293 Å². The number of carbonyl (C=O) groups is 3. The number of Topliss-reactive ketones (excluding diaryl/α,β-unsaturated/α-hetero) is 1. The predicted molar refractivity (Wildman–Crippen MR) is 185 cm³/mol. The van der Waals surface area contributed by atoms with Crippen molar-refractivity contribution in [3.63, 3.8) is 0 Å². The number of anilines is 1. The Kier molecular flexibility index (Phi) is 7.73. The molecule has 5 aromatic heterocycles. The fourth-order valence-electron chi connectivity index (χ4n) is 7.06. The number of aromatic nitrogens is 8. The molecule has 1 saturated carbocycles. The summed E-state index contributed by atoms with van der Waals surface area (Å²) in [4.78, 5) is 60.2. The van der Waals surface area contributed by atoms with E-state index in [4.69, 9.17) is 0 Å². The van der Waals surface area contributed by atoms with Crippen LogP contribution in [0.25, 0.3) is 34.1 Å². The van der Waals surface area contributed by atoms with Gasteiger partial charge in [-0.2, -0.15) is 10.2 Å². The lowest BCUT2D eigenvalue weighted by Gasteiger charge is -2.27. The van der Waals surface area contributed by atoms with Gasteiger partial charge in [0.05, 0.1) is 28.7 Å². The molecule has 4 bridgehead atoms. The summed E-state index contributed by atoms with van der Waals surface area (Å²) in [6.07, 6.45) is 13.2. The lowest BCUT2D eigenvalue weighted by Crippen LogP contribution is -2.47. The van der Waals surface area contributed by atoms with E-state index in [1.165, 1.54) is 17.7 Å². The number of allylic oxidation sites excluding steroid dienone is 2. The summed E-state index contributed by atoms with van der Waals surface area (Å²) >= 11 is 3.33. The smallest absolute Gasteiger partial charge is 0.248 e. The van der Waals surface area contributed by atoms with Crippen molar-refractivity contribution in [1.29, 1.82) is 0 Å². The van der Waals surface area contributed by atoms with Crippen molar-refractivity contribution >= 4 is 62.2 Å². The third-order valence-corrected chi connectivity index (χ3v) is 10.0. The average Bonchev–Trinajstić information content (AvgIpc) is 3.36. The summed E-state index contributed by atoms with van der Waals surface area (Å²) in [5.41, 5.74) is 2.40. The zero-order valence-electron chi connectivity index (χ0n) is 27.0. The first-order valence-electron chi connectivity index (χ1n) is 16.1. The zero-order valence-corrected chi connectivity index (χ0v) is 28.6. The summed E-state index contributed by atoms with van der Waals surface area (Å²) in [7, 11) is 0. The number of hydrogen-bond acceptors (Lipinski definition) is 9. The normalized spacial score (nSPS) is 23.1. The second kappa shape index (κ2) is 12.2. The summed E-state index contributed by atoms with van der Waals surface area (Å²) < 4.78 is 19.1. The molecule has 5 aromatic rings. The van der Waals surface area contributed by atoms with Crippen LogP contribution >= 0.6 is 15.9 Å². The SMILES string of the molecule is CC(=O)c1nn(CC(=O)N2[C@H]3C[C@]4(C[C@@H]24)Cn2ccc(n2)/C=C\C/C=C(/F)c2ccc(Br)nc2NC3=O)c2cnc(-c3cnc(C)nc3)cc12. The monoisotopic (exact) mass is 736 g/mol. The molecule has 0 aromatic carbocycles. The van der Waals surface area contributed by atoms with Gasteiger partial charge >= 0.3 is 0 Å². The largest absolute Gasteiger partial charge is 0.325 e. The number of ketones is 1. The Morgan fingerprint density at radius 1 is 1.10 bits per heavy atom. The van der Waals surface area contributed by atoms with Crippen LogP contribution in [-0.4, -0.2) is 74.1 Å². The average molecular weight is 738 g/mol. The second-order valence-corrected chi connectivity index (χ2v) is 13.7. The summed E-state index contributed by atoms with van der Waals surface area (Å²) in [6, 6.07) is 5.66. The van der Waals surface area contributed by atoms with E-state index in [9.17, 15) is 14.4 Å². The van der Waals surface area contributed by atoms with Gasteiger partial charge in [-0.15, -0.1) is 0 Å². The molecule has 50 heavy (non-hydrogen) atoms. The van der Waals surface area contributed by atoms with Gasteiger partial charge in [0.1, 0.15) is 40.4 Å². The molecule has 2 fully saturated rings. The first kappa shape index (κ1) is 31.8. The number of aryl methyl sites for hydroxylation is 1. The summed E-state index contributed by atoms with van der Waals surface area (Å²) in [5, 5.41) is 12.6. The van der Waals surface area contributed by atoms with Crippen LogP contribution < -0.4 is 5.32 Å². The van der Waals surface area contributed by atoms with Gasteiger partial charge in [-0.25, -0.2) is 19.3 Å². The van der Waals surface area contributed by atoms with Crippen molar-refractivity contribution in [1.82, 2.24) is 44.4 Å². The van der Waals surface area contributed by atoms with Crippen LogP contribution in [-0.2, 0) is 22.7 Å². The van der Waals surface area contributed by atoms with Gasteiger partial charge in [-0.05, 0) is 78.5 Å². The molecule has 0 radical (unpaired) electrons. The molecule has 15 heteroatoms. The van der Waals surface area contributed by atoms with E-state index >= 15 is 4.39 Å². The van der Waals surface area contributed by atoms with E-state index in [0.717, 1.165) is 5.69 Å². The van der Waals surface area contributed by atoms with Gasteiger partial charge in [0.25, 0.3) is 0 Å². The second-order valence-electron chi connectivity index (χ2n) is 12.9. The first-order valence-corrected chi connectivity index (χ1v) is 16.9. The Morgan fingerprint density at radius 3 is 2.72 bits per heavy atom. The van der Waals surface area contributed by atoms with Gasteiger partial charge < -0.3 is 10.2 Å². The van der Waals surface area contributed by atoms with E-state index < -0.39 is 17.8 Å². The van der Waals surface area contributed by atoms with Crippen molar-refractivity contribution < 1.29 is 18.8 Å². The molecule has 252 valence electrons. The van der Waals surface area contributed by atoms with Crippen molar-refractivity contribution in [3.8, 4) is 11.3 Å². The fraction of sp³-hybridized carbons (Fsp3) is 0.286. The van der Waals surface area contributed by atoms with Crippen molar-refractivity contribution in [2.24, 2.45) is 5.41 Å². The topological polar surface area (TPSA) is 154 Å². The standard InChI is InChI=1S/C35H30BrFN10O3/c1-19(48)32-24-11-26(21-14-38-20(2)39-15-21)40-16-28(24)46(44-32)17-31(49)47-27-12-35(13-29(35)47)18-45-10-9-22(43-45)5-3-4-6-25(37)23-7-8-30(36)41-33(23)42-34(27)50/h3,5-11,14-16,27,29H,4,12-13,17-18H2,1-2H3,(H,41,42,50)/b5-3-,25-6+/t27-,29+,35-/m0/s1. The molecule has 1 N–H and O–H groups in total. The Balaban J connectivity index is 1.15. The number of amides is 2. The van der Waals surface area contributed by atoms with Crippen LogP contribution in [0.15, 0.2) is 65.8 Å². The highest BCUT2D eigenvalue weighted by Crippen LogP contribution is 2.60. The number of likely N-dealkylation sites (tertiary alicyclic amines) is 1. The molecule has 2 amide bonds. The van der Waals surface area contributed by atoms with Crippen LogP contribution in [0.4, 0.5) is 10.2 Å². The van der Waals surface area contributed by atoms with E-state index in [1.54, 1.807) is 48.6 Å². The highest BCUT2D eigenvalue weighted by Gasteiger charge is 2.67. The van der Waals surface area contributed by atoms with Gasteiger partial charge in [0.2, 0.25) is 11.8 Å². The molecule has 1 saturated heterocycles. The van der Waals surface area contributed by atoms with Crippen LogP contribution in [0, 0.1) is 12.3 Å². The number of nitrogens with one attached hydrogen (secondary N) is 1. The third-order valence-electron chi connectivity index (χ3n) is 9.56. The predicted octanol–water partition coefficient (Wildman–Crippen LogP) is 5.18. The van der Waals surface area contributed by atoms with Crippen molar-refractivity contribution in [2.75, 3.05) is 5.32 Å². The molecule has 7 heterocycles. The minimum atomic E-state index is -0.870. The lowest BCUT2D eigenvalue weighted by molar-refractivity contribution is -0.138. The van der Waals surface area contributed by atoms with Crippen molar-refractivity contribution in [2.45, 2.75) is 58.3 Å². The molecule has 3 atom stereocenters.